The SMILES string of the molecule is O=C(Oc1cc2c(s1)CCCN2C(C(=O)C1CC1)c1ccccc1F)c1cccnc1. The van der Waals surface area contributed by atoms with Gasteiger partial charge in [-0.05, 0) is 43.9 Å². The van der Waals surface area contributed by atoms with Crippen LogP contribution in [0.5, 0.6) is 5.06 Å². The Morgan fingerprint density at radius 3 is 2.77 bits per heavy atom. The molecule has 7 heteroatoms. The lowest BCUT2D eigenvalue weighted by Gasteiger charge is -2.36. The van der Waals surface area contributed by atoms with E-state index in [1.807, 2.05) is 4.90 Å². The number of Topliss-reactive ketones (excluding diaryl/α,β-unsaturated/α-hetero) is 1. The monoisotopic (exact) mass is 436 g/mol. The third-order valence-electron chi connectivity index (χ3n) is 5.73. The summed E-state index contributed by atoms with van der Waals surface area (Å²) in [5.74, 6) is -0.778. The molecule has 0 saturated heterocycles. The van der Waals surface area contributed by atoms with Gasteiger partial charge >= 0.3 is 5.97 Å². The van der Waals surface area contributed by atoms with Gasteiger partial charge in [0, 0.05) is 41.4 Å². The van der Waals surface area contributed by atoms with Gasteiger partial charge in [-0.25, -0.2) is 9.18 Å². The number of pyridine rings is 1. The summed E-state index contributed by atoms with van der Waals surface area (Å²) in [4.78, 5) is 32.7. The molecule has 31 heavy (non-hydrogen) atoms. The van der Waals surface area contributed by atoms with Gasteiger partial charge in [0.05, 0.1) is 11.3 Å². The number of aromatic nitrogens is 1. The van der Waals surface area contributed by atoms with Crippen LogP contribution in [0, 0.1) is 11.7 Å². The Balaban J connectivity index is 1.48. The minimum Gasteiger partial charge on any atom is -0.412 e. The topological polar surface area (TPSA) is 59.5 Å². The first-order valence-electron chi connectivity index (χ1n) is 10.4. The number of nitrogens with zero attached hydrogens (tertiary/aromatic N) is 2. The molecule has 1 unspecified atom stereocenters. The normalized spacial score (nSPS) is 16.5. The molecule has 0 bridgehead atoms. The van der Waals surface area contributed by atoms with Crippen LogP contribution < -0.4 is 9.64 Å². The van der Waals surface area contributed by atoms with Crippen molar-refractivity contribution in [2.45, 2.75) is 31.7 Å². The van der Waals surface area contributed by atoms with Gasteiger partial charge in [0.2, 0.25) is 0 Å². The number of esters is 1. The molecule has 3 aromatic rings. The summed E-state index contributed by atoms with van der Waals surface area (Å²) in [7, 11) is 0. The number of benzene rings is 1. The molecule has 0 radical (unpaired) electrons. The third kappa shape index (κ3) is 3.97. The molecule has 5 rings (SSSR count). The predicted octanol–water partition coefficient (Wildman–Crippen LogP) is 4.97. The molecule has 2 aliphatic rings. The summed E-state index contributed by atoms with van der Waals surface area (Å²) < 4.78 is 20.3. The summed E-state index contributed by atoms with van der Waals surface area (Å²) in [6, 6.07) is 11.0. The van der Waals surface area contributed by atoms with E-state index in [9.17, 15) is 14.0 Å². The zero-order chi connectivity index (χ0) is 21.4. The van der Waals surface area contributed by atoms with Crippen LogP contribution >= 0.6 is 11.3 Å². The number of halogens is 1. The van der Waals surface area contributed by atoms with Crippen molar-refractivity contribution in [3.63, 3.8) is 0 Å². The van der Waals surface area contributed by atoms with Gasteiger partial charge in [0.25, 0.3) is 0 Å². The number of ketones is 1. The molecule has 158 valence electrons. The Morgan fingerprint density at radius 1 is 1.19 bits per heavy atom. The van der Waals surface area contributed by atoms with Crippen LogP contribution in [0.2, 0.25) is 0 Å². The van der Waals surface area contributed by atoms with E-state index in [4.69, 9.17) is 4.74 Å². The van der Waals surface area contributed by atoms with Crippen molar-refractivity contribution in [1.29, 1.82) is 0 Å². The van der Waals surface area contributed by atoms with E-state index >= 15 is 0 Å². The number of rotatable bonds is 6. The molecule has 1 aliphatic heterocycles. The fourth-order valence-electron chi connectivity index (χ4n) is 4.06. The van der Waals surface area contributed by atoms with Gasteiger partial charge in [-0.3, -0.25) is 9.78 Å². The Hall–Kier alpha value is -3.06. The molecule has 0 amide bonds. The first kappa shape index (κ1) is 19.9. The molecule has 2 aromatic heterocycles. The van der Waals surface area contributed by atoms with E-state index < -0.39 is 12.0 Å². The molecule has 5 nitrogen and oxygen atoms in total. The number of aryl methyl sites for hydroxylation is 1. The number of fused-ring (bicyclic) bond motifs is 1. The molecule has 1 aliphatic carbocycles. The number of hydrogen-bond acceptors (Lipinski definition) is 6. The molecule has 1 atom stereocenters. The summed E-state index contributed by atoms with van der Waals surface area (Å²) >= 11 is 1.40. The second kappa shape index (κ2) is 8.23. The number of carbonyl (C=O) groups excluding carboxylic acids is 2. The third-order valence-corrected chi connectivity index (χ3v) is 6.79. The van der Waals surface area contributed by atoms with Crippen molar-refractivity contribution >= 4 is 28.8 Å². The highest BCUT2D eigenvalue weighted by molar-refractivity contribution is 7.14. The Kier molecular flexibility index (Phi) is 5.28. The van der Waals surface area contributed by atoms with E-state index in [1.54, 1.807) is 42.6 Å². The van der Waals surface area contributed by atoms with Gasteiger partial charge in [0.1, 0.15) is 11.9 Å². The number of carbonyl (C=O) groups is 2. The van der Waals surface area contributed by atoms with Crippen molar-refractivity contribution in [3.8, 4) is 5.06 Å². The predicted molar refractivity (Wildman–Crippen MR) is 116 cm³/mol. The van der Waals surface area contributed by atoms with Gasteiger partial charge in [-0.2, -0.15) is 0 Å². The lowest BCUT2D eigenvalue weighted by atomic mass is 9.95. The maximum Gasteiger partial charge on any atom is 0.345 e. The van der Waals surface area contributed by atoms with Crippen LogP contribution in [0.25, 0.3) is 0 Å². The highest BCUT2D eigenvalue weighted by Crippen LogP contribution is 2.45. The Labute approximate surface area is 183 Å². The highest BCUT2D eigenvalue weighted by atomic mass is 32.1. The van der Waals surface area contributed by atoms with Crippen molar-refractivity contribution < 1.29 is 18.7 Å². The second-order valence-electron chi connectivity index (χ2n) is 7.90. The maximum absolute atomic E-state index is 14.7. The number of thiophene rings is 1. The second-order valence-corrected chi connectivity index (χ2v) is 9.00. The molecule has 3 heterocycles. The molecule has 0 spiro atoms. The lowest BCUT2D eigenvalue weighted by molar-refractivity contribution is -0.121. The summed E-state index contributed by atoms with van der Waals surface area (Å²) in [5, 5.41) is 0.469. The van der Waals surface area contributed by atoms with Crippen LogP contribution in [0.15, 0.2) is 54.9 Å². The summed E-state index contributed by atoms with van der Waals surface area (Å²) in [5.41, 5.74) is 1.64. The van der Waals surface area contributed by atoms with E-state index in [1.165, 1.54) is 23.6 Å². The van der Waals surface area contributed by atoms with Crippen molar-refractivity contribution in [2.24, 2.45) is 5.92 Å². The van der Waals surface area contributed by atoms with E-state index in [0.717, 1.165) is 36.2 Å². The zero-order valence-electron chi connectivity index (χ0n) is 16.8. The minimum atomic E-state index is -0.663. The average molecular weight is 437 g/mol. The van der Waals surface area contributed by atoms with Crippen molar-refractivity contribution in [1.82, 2.24) is 4.98 Å². The van der Waals surface area contributed by atoms with Gasteiger partial charge in [-0.1, -0.05) is 18.2 Å². The minimum absolute atomic E-state index is 0.00324. The van der Waals surface area contributed by atoms with Gasteiger partial charge in [-0.15, -0.1) is 11.3 Å². The molecule has 0 N–H and O–H groups in total. The average Bonchev–Trinajstić information content (AvgIpc) is 3.56. The van der Waals surface area contributed by atoms with Crippen molar-refractivity contribution in [3.05, 3.63) is 76.7 Å². The highest BCUT2D eigenvalue weighted by Gasteiger charge is 2.41. The number of anilines is 1. The van der Waals surface area contributed by atoms with E-state index in [-0.39, 0.29) is 17.5 Å². The van der Waals surface area contributed by atoms with Crippen LogP contribution in [0.3, 0.4) is 0 Å². The molecule has 1 saturated carbocycles. The lowest BCUT2D eigenvalue weighted by Crippen LogP contribution is -2.38. The number of hydrogen-bond donors (Lipinski definition) is 0. The Morgan fingerprint density at radius 2 is 2.03 bits per heavy atom. The van der Waals surface area contributed by atoms with Crippen LogP contribution in [-0.4, -0.2) is 23.3 Å². The first-order valence-corrected chi connectivity index (χ1v) is 11.2. The van der Waals surface area contributed by atoms with Crippen LogP contribution in [0.4, 0.5) is 10.1 Å². The van der Waals surface area contributed by atoms with Crippen molar-refractivity contribution in [2.75, 3.05) is 11.4 Å². The quantitative estimate of drug-likeness (QED) is 0.511. The smallest absolute Gasteiger partial charge is 0.345 e. The number of ether oxygens (including phenoxy) is 1. The molecular weight excluding hydrogens is 415 g/mol. The summed E-state index contributed by atoms with van der Waals surface area (Å²) in [6.45, 7) is 0.650. The molecular formula is C24H21FN2O3S. The Bertz CT molecular complexity index is 1130. The van der Waals surface area contributed by atoms with Gasteiger partial charge < -0.3 is 9.64 Å². The van der Waals surface area contributed by atoms with Crippen LogP contribution in [-0.2, 0) is 11.2 Å². The first-order chi connectivity index (χ1) is 15.1. The van der Waals surface area contributed by atoms with E-state index in [0.29, 0.717) is 22.7 Å². The fourth-order valence-corrected chi connectivity index (χ4v) is 5.12. The van der Waals surface area contributed by atoms with Gasteiger partial charge in [0.15, 0.2) is 10.8 Å². The zero-order valence-corrected chi connectivity index (χ0v) is 17.6. The summed E-state index contributed by atoms with van der Waals surface area (Å²) in [6.07, 6.45) is 6.47. The molecule has 1 aromatic carbocycles. The maximum atomic E-state index is 14.7. The fraction of sp³-hybridized carbons (Fsp3) is 0.292. The standard InChI is InChI=1S/C24H21FN2O3S/c25-18-7-2-1-6-17(18)22(23(28)15-9-10-15)27-12-4-8-20-19(27)13-21(31-20)30-24(29)16-5-3-11-26-14-16/h1-3,5-7,11,13-15,22H,4,8-10,12H2. The molecule has 1 fully saturated rings. The largest absolute Gasteiger partial charge is 0.412 e. The van der Waals surface area contributed by atoms with Crippen LogP contribution in [0.1, 0.15) is 46.1 Å². The van der Waals surface area contributed by atoms with E-state index in [2.05, 4.69) is 4.98 Å².